The molecule has 0 aliphatic rings. The lowest BCUT2D eigenvalue weighted by molar-refractivity contribution is 0.159. The normalized spacial score (nSPS) is 12.6. The van der Waals surface area contributed by atoms with Crippen LogP contribution in [0.3, 0.4) is 0 Å². The van der Waals surface area contributed by atoms with Crippen LogP contribution >= 0.6 is 0 Å². The summed E-state index contributed by atoms with van der Waals surface area (Å²) in [5.41, 5.74) is 1.75. The Bertz CT molecular complexity index is 374. The molecule has 1 rings (SSSR count). The number of phenols is 1. The minimum Gasteiger partial charge on any atom is -0.508 e. The van der Waals surface area contributed by atoms with Gasteiger partial charge in [0.05, 0.1) is 6.10 Å². The van der Waals surface area contributed by atoms with E-state index in [0.717, 1.165) is 18.4 Å². The summed E-state index contributed by atoms with van der Waals surface area (Å²) < 4.78 is 0. The molecule has 1 aromatic carbocycles. The average Bonchev–Trinajstić information content (AvgIpc) is 2.44. The third-order valence-corrected chi connectivity index (χ3v) is 3.87. The smallest absolute Gasteiger partial charge is 0.121 e. The van der Waals surface area contributed by atoms with Crippen LogP contribution in [0.5, 0.6) is 5.75 Å². The van der Waals surface area contributed by atoms with Gasteiger partial charge in [-0.05, 0) is 25.5 Å². The third kappa shape index (κ3) is 6.42. The lowest BCUT2D eigenvalue weighted by Gasteiger charge is -2.13. The highest BCUT2D eigenvalue weighted by Gasteiger charge is 2.11. The van der Waals surface area contributed by atoms with Gasteiger partial charge in [-0.3, -0.25) is 0 Å². The SMILES string of the molecule is CCCCCCCCCCC(O)c1cc(C)ccc1O. The Balaban J connectivity index is 2.17. The highest BCUT2D eigenvalue weighted by Crippen LogP contribution is 2.28. The Morgan fingerprint density at radius 2 is 1.55 bits per heavy atom. The van der Waals surface area contributed by atoms with Crippen molar-refractivity contribution in [2.24, 2.45) is 0 Å². The minimum absolute atomic E-state index is 0.211. The molecule has 0 aliphatic heterocycles. The first-order chi connectivity index (χ1) is 9.65. The maximum Gasteiger partial charge on any atom is 0.121 e. The second kappa shape index (κ2) is 9.82. The zero-order chi connectivity index (χ0) is 14.8. The number of rotatable bonds is 10. The predicted octanol–water partition coefficient (Wildman–Crippen LogP) is 5.26. The van der Waals surface area contributed by atoms with Crippen molar-refractivity contribution in [3.8, 4) is 5.75 Å². The van der Waals surface area contributed by atoms with Crippen molar-refractivity contribution < 1.29 is 10.2 Å². The fraction of sp³-hybridized carbons (Fsp3) is 0.667. The van der Waals surface area contributed by atoms with Gasteiger partial charge in [-0.25, -0.2) is 0 Å². The van der Waals surface area contributed by atoms with Gasteiger partial charge in [0.1, 0.15) is 5.75 Å². The fourth-order valence-electron chi connectivity index (χ4n) is 2.57. The molecule has 2 N–H and O–H groups in total. The van der Waals surface area contributed by atoms with Crippen LogP contribution in [0.2, 0.25) is 0 Å². The Kier molecular flexibility index (Phi) is 8.36. The molecule has 20 heavy (non-hydrogen) atoms. The van der Waals surface area contributed by atoms with Gasteiger partial charge in [0.15, 0.2) is 0 Å². The molecule has 0 fully saturated rings. The molecule has 1 atom stereocenters. The maximum atomic E-state index is 10.1. The van der Waals surface area contributed by atoms with Crippen molar-refractivity contribution in [1.82, 2.24) is 0 Å². The lowest BCUT2D eigenvalue weighted by Crippen LogP contribution is -1.98. The molecule has 2 nitrogen and oxygen atoms in total. The van der Waals surface area contributed by atoms with E-state index in [-0.39, 0.29) is 5.75 Å². The van der Waals surface area contributed by atoms with Gasteiger partial charge in [0.25, 0.3) is 0 Å². The molecular weight excluding hydrogens is 248 g/mol. The molecule has 0 saturated carbocycles. The second-order valence-corrected chi connectivity index (χ2v) is 5.84. The number of aryl methyl sites for hydroxylation is 1. The fourth-order valence-corrected chi connectivity index (χ4v) is 2.57. The first-order valence-corrected chi connectivity index (χ1v) is 8.12. The van der Waals surface area contributed by atoms with Crippen molar-refractivity contribution in [2.45, 2.75) is 77.7 Å². The Morgan fingerprint density at radius 3 is 2.20 bits per heavy atom. The lowest BCUT2D eigenvalue weighted by atomic mass is 9.99. The molecular formula is C18H30O2. The number of hydrogen-bond donors (Lipinski definition) is 2. The topological polar surface area (TPSA) is 40.5 Å². The first kappa shape index (κ1) is 17.0. The molecule has 1 aromatic rings. The summed E-state index contributed by atoms with van der Waals surface area (Å²) in [5, 5.41) is 19.9. The minimum atomic E-state index is -0.532. The summed E-state index contributed by atoms with van der Waals surface area (Å²) in [6, 6.07) is 5.41. The third-order valence-electron chi connectivity index (χ3n) is 3.87. The number of aliphatic hydroxyl groups excluding tert-OH is 1. The summed E-state index contributed by atoms with van der Waals surface area (Å²) in [7, 11) is 0. The van der Waals surface area contributed by atoms with Crippen LogP contribution < -0.4 is 0 Å². The number of aromatic hydroxyl groups is 1. The van der Waals surface area contributed by atoms with E-state index in [1.54, 1.807) is 6.07 Å². The van der Waals surface area contributed by atoms with E-state index in [0.29, 0.717) is 5.56 Å². The van der Waals surface area contributed by atoms with Gasteiger partial charge in [0, 0.05) is 5.56 Å². The zero-order valence-corrected chi connectivity index (χ0v) is 13.1. The van der Waals surface area contributed by atoms with Gasteiger partial charge < -0.3 is 10.2 Å². The number of benzene rings is 1. The first-order valence-electron chi connectivity index (χ1n) is 8.12. The number of hydrogen-bond acceptors (Lipinski definition) is 2. The number of aliphatic hydroxyl groups is 1. The summed E-state index contributed by atoms with van der Waals surface area (Å²) in [5.74, 6) is 0.211. The van der Waals surface area contributed by atoms with Gasteiger partial charge >= 0.3 is 0 Å². The van der Waals surface area contributed by atoms with Crippen molar-refractivity contribution in [1.29, 1.82) is 0 Å². The maximum absolute atomic E-state index is 10.1. The summed E-state index contributed by atoms with van der Waals surface area (Å²) in [6.07, 6.45) is 10.3. The zero-order valence-electron chi connectivity index (χ0n) is 13.1. The van der Waals surface area contributed by atoms with Crippen LogP contribution in [0.4, 0.5) is 0 Å². The summed E-state index contributed by atoms with van der Waals surface area (Å²) in [4.78, 5) is 0. The van der Waals surface area contributed by atoms with Gasteiger partial charge in [-0.15, -0.1) is 0 Å². The molecule has 2 heteroatoms. The molecule has 0 amide bonds. The monoisotopic (exact) mass is 278 g/mol. The van der Waals surface area contributed by atoms with E-state index in [1.807, 2.05) is 19.1 Å². The highest BCUT2D eigenvalue weighted by molar-refractivity contribution is 5.37. The Labute approximate surface area is 123 Å². The molecule has 0 radical (unpaired) electrons. The van der Waals surface area contributed by atoms with E-state index in [4.69, 9.17) is 0 Å². The van der Waals surface area contributed by atoms with Crippen molar-refractivity contribution in [2.75, 3.05) is 0 Å². The molecule has 0 aliphatic carbocycles. The van der Waals surface area contributed by atoms with Crippen LogP contribution in [-0.4, -0.2) is 10.2 Å². The van der Waals surface area contributed by atoms with E-state index in [1.165, 1.54) is 44.9 Å². The molecule has 1 unspecified atom stereocenters. The summed E-state index contributed by atoms with van der Waals surface area (Å²) >= 11 is 0. The van der Waals surface area contributed by atoms with E-state index in [9.17, 15) is 10.2 Å². The van der Waals surface area contributed by atoms with Crippen molar-refractivity contribution in [3.05, 3.63) is 29.3 Å². The standard InChI is InChI=1S/C18H30O2/c1-3-4-5-6-7-8-9-10-11-17(19)16-14-15(2)12-13-18(16)20/h12-14,17,19-20H,3-11H2,1-2H3. The van der Waals surface area contributed by atoms with E-state index >= 15 is 0 Å². The molecule has 0 bridgehead atoms. The summed E-state index contributed by atoms with van der Waals surface area (Å²) in [6.45, 7) is 4.22. The van der Waals surface area contributed by atoms with E-state index in [2.05, 4.69) is 6.92 Å². The van der Waals surface area contributed by atoms with Crippen LogP contribution in [0.25, 0.3) is 0 Å². The van der Waals surface area contributed by atoms with Crippen molar-refractivity contribution in [3.63, 3.8) is 0 Å². The largest absolute Gasteiger partial charge is 0.508 e. The Morgan fingerprint density at radius 1 is 0.950 bits per heavy atom. The molecule has 0 aromatic heterocycles. The second-order valence-electron chi connectivity index (χ2n) is 5.84. The molecule has 0 spiro atoms. The van der Waals surface area contributed by atoms with Gasteiger partial charge in [-0.2, -0.15) is 0 Å². The average molecular weight is 278 g/mol. The van der Waals surface area contributed by atoms with Crippen LogP contribution in [0.1, 0.15) is 81.9 Å². The quantitative estimate of drug-likeness (QED) is 0.573. The number of phenolic OH excluding ortho intramolecular Hbond substituents is 1. The van der Waals surface area contributed by atoms with E-state index < -0.39 is 6.10 Å². The molecule has 0 saturated heterocycles. The predicted molar refractivity (Wildman–Crippen MR) is 85.0 cm³/mol. The van der Waals surface area contributed by atoms with Crippen LogP contribution in [0.15, 0.2) is 18.2 Å². The van der Waals surface area contributed by atoms with Crippen LogP contribution in [-0.2, 0) is 0 Å². The molecule has 0 heterocycles. The number of unbranched alkanes of at least 4 members (excludes halogenated alkanes) is 7. The van der Waals surface area contributed by atoms with Gasteiger partial charge in [0.2, 0.25) is 0 Å². The van der Waals surface area contributed by atoms with Crippen LogP contribution in [0, 0.1) is 6.92 Å². The molecule has 114 valence electrons. The Hall–Kier alpha value is -1.02. The van der Waals surface area contributed by atoms with Crippen molar-refractivity contribution >= 4 is 0 Å². The highest BCUT2D eigenvalue weighted by atomic mass is 16.3. The van der Waals surface area contributed by atoms with Gasteiger partial charge in [-0.1, -0.05) is 69.9 Å².